The van der Waals surface area contributed by atoms with E-state index in [-0.39, 0.29) is 17.9 Å². The normalized spacial score (nSPS) is 17.6. The number of aromatic nitrogens is 2. The Morgan fingerprint density at radius 1 is 1.24 bits per heavy atom. The van der Waals surface area contributed by atoms with Gasteiger partial charge in [0, 0.05) is 13.1 Å². The fraction of sp³-hybridized carbons (Fsp3) is 0.476. The Bertz CT molecular complexity index is 860. The predicted octanol–water partition coefficient (Wildman–Crippen LogP) is 3.55. The average Bonchev–Trinajstić information content (AvgIpc) is 2.73. The summed E-state index contributed by atoms with van der Waals surface area (Å²) in [5, 5.41) is 11.6. The topological polar surface area (TPSA) is 76.6 Å². The predicted molar refractivity (Wildman–Crippen MR) is 113 cm³/mol. The van der Waals surface area contributed by atoms with Gasteiger partial charge >= 0.3 is 0 Å². The van der Waals surface area contributed by atoms with Crippen LogP contribution in [0.3, 0.4) is 0 Å². The third-order valence-electron chi connectivity index (χ3n) is 5.33. The molecule has 0 aliphatic carbocycles. The zero-order valence-corrected chi connectivity index (χ0v) is 18.0. The number of carbonyl (C=O) groups is 1. The summed E-state index contributed by atoms with van der Waals surface area (Å²) in [5.41, 5.74) is 2.05. The summed E-state index contributed by atoms with van der Waals surface area (Å²) < 4.78 is 10.8. The standard InChI is InChI=1S/C21H27ClN4O3/c1-13-10-17(28-3)18(29-4)11-16(13)14(2)23-21(27)15-6-5-9-26(12-15)20-8-7-19(22)24-25-20/h7-8,10-11,14-15H,5-6,9,12H2,1-4H3,(H,23,27)/t14-,15+/m0/s1. The van der Waals surface area contributed by atoms with Crippen LogP contribution in [0.15, 0.2) is 24.3 Å². The summed E-state index contributed by atoms with van der Waals surface area (Å²) >= 11 is 5.83. The van der Waals surface area contributed by atoms with Gasteiger partial charge in [-0.2, -0.15) is 0 Å². The van der Waals surface area contributed by atoms with Crippen LogP contribution in [0.5, 0.6) is 11.5 Å². The molecule has 0 radical (unpaired) electrons. The van der Waals surface area contributed by atoms with Gasteiger partial charge in [0.15, 0.2) is 22.5 Å². The van der Waals surface area contributed by atoms with E-state index in [9.17, 15) is 4.79 Å². The van der Waals surface area contributed by atoms with Crippen LogP contribution < -0.4 is 19.7 Å². The Morgan fingerprint density at radius 2 is 1.97 bits per heavy atom. The van der Waals surface area contributed by atoms with Gasteiger partial charge < -0.3 is 19.7 Å². The van der Waals surface area contributed by atoms with Crippen LogP contribution >= 0.6 is 11.6 Å². The van der Waals surface area contributed by atoms with Crippen molar-refractivity contribution >= 4 is 23.3 Å². The van der Waals surface area contributed by atoms with Gasteiger partial charge in [0.25, 0.3) is 0 Å². The number of hydrogen-bond donors (Lipinski definition) is 1. The molecule has 29 heavy (non-hydrogen) atoms. The maximum Gasteiger partial charge on any atom is 0.225 e. The van der Waals surface area contributed by atoms with Crippen LogP contribution in [-0.2, 0) is 4.79 Å². The number of hydrogen-bond acceptors (Lipinski definition) is 6. The van der Waals surface area contributed by atoms with Crippen molar-refractivity contribution < 1.29 is 14.3 Å². The van der Waals surface area contributed by atoms with E-state index in [4.69, 9.17) is 21.1 Å². The van der Waals surface area contributed by atoms with E-state index in [0.717, 1.165) is 36.3 Å². The van der Waals surface area contributed by atoms with E-state index >= 15 is 0 Å². The molecule has 3 rings (SSSR count). The molecule has 0 bridgehead atoms. The molecule has 1 aliphatic heterocycles. The molecule has 2 aromatic rings. The quantitative estimate of drug-likeness (QED) is 0.773. The molecule has 0 saturated carbocycles. The smallest absolute Gasteiger partial charge is 0.225 e. The number of carbonyl (C=O) groups excluding carboxylic acids is 1. The molecule has 1 N–H and O–H groups in total. The van der Waals surface area contributed by atoms with Gasteiger partial charge in [-0.05, 0) is 62.1 Å². The maximum absolute atomic E-state index is 13.0. The molecule has 8 heteroatoms. The molecule has 1 fully saturated rings. The number of methoxy groups -OCH3 is 2. The lowest BCUT2D eigenvalue weighted by Crippen LogP contribution is -2.44. The number of benzene rings is 1. The SMILES string of the molecule is COc1cc(C)c([C@H](C)NC(=O)[C@@H]2CCCN(c3ccc(Cl)nn3)C2)cc1OC. The van der Waals surface area contributed by atoms with Crippen LogP contribution in [0, 0.1) is 12.8 Å². The minimum atomic E-state index is -0.145. The number of amides is 1. The van der Waals surface area contributed by atoms with Crippen LogP contribution in [-0.4, -0.2) is 43.4 Å². The third-order valence-corrected chi connectivity index (χ3v) is 5.53. The Labute approximate surface area is 176 Å². The van der Waals surface area contributed by atoms with E-state index in [2.05, 4.69) is 20.4 Å². The van der Waals surface area contributed by atoms with E-state index in [1.54, 1.807) is 20.3 Å². The van der Waals surface area contributed by atoms with Crippen molar-refractivity contribution in [1.82, 2.24) is 15.5 Å². The minimum absolute atomic E-state index is 0.0401. The molecule has 1 aromatic heterocycles. The highest BCUT2D eigenvalue weighted by Crippen LogP contribution is 2.33. The summed E-state index contributed by atoms with van der Waals surface area (Å²) in [6, 6.07) is 7.27. The van der Waals surface area contributed by atoms with Gasteiger partial charge in [-0.25, -0.2) is 0 Å². The molecule has 7 nitrogen and oxygen atoms in total. The molecule has 2 atom stereocenters. The number of ether oxygens (including phenoxy) is 2. The van der Waals surface area contributed by atoms with E-state index in [1.165, 1.54) is 0 Å². The number of halogens is 1. The van der Waals surface area contributed by atoms with E-state index in [1.807, 2.05) is 32.0 Å². The van der Waals surface area contributed by atoms with Crippen molar-refractivity contribution in [1.29, 1.82) is 0 Å². The van der Waals surface area contributed by atoms with Crippen LogP contribution in [0.2, 0.25) is 5.15 Å². The van der Waals surface area contributed by atoms with Crippen LogP contribution in [0.4, 0.5) is 5.82 Å². The molecule has 0 unspecified atom stereocenters. The summed E-state index contributed by atoms with van der Waals surface area (Å²) in [6.45, 7) is 5.45. The first kappa shape index (κ1) is 21.2. The Hall–Kier alpha value is -2.54. The van der Waals surface area contributed by atoms with Gasteiger partial charge in [-0.15, -0.1) is 10.2 Å². The lowest BCUT2D eigenvalue weighted by Gasteiger charge is -2.33. The van der Waals surface area contributed by atoms with Crippen molar-refractivity contribution in [2.24, 2.45) is 5.92 Å². The molecule has 1 aromatic carbocycles. The Balaban J connectivity index is 1.68. The first-order valence-corrected chi connectivity index (χ1v) is 10.1. The zero-order valence-electron chi connectivity index (χ0n) is 17.2. The molecule has 1 saturated heterocycles. The highest BCUT2D eigenvalue weighted by atomic mass is 35.5. The summed E-state index contributed by atoms with van der Waals surface area (Å²) in [6.07, 6.45) is 1.77. The van der Waals surface area contributed by atoms with Crippen LogP contribution in [0.25, 0.3) is 0 Å². The second kappa shape index (κ2) is 9.31. The Kier molecular flexibility index (Phi) is 6.79. The van der Waals surface area contributed by atoms with Gasteiger partial charge in [0.2, 0.25) is 5.91 Å². The van der Waals surface area contributed by atoms with Crippen molar-refractivity contribution in [3.05, 3.63) is 40.5 Å². The molecule has 1 amide bonds. The fourth-order valence-corrected chi connectivity index (χ4v) is 3.85. The average molecular weight is 419 g/mol. The van der Waals surface area contributed by atoms with E-state index < -0.39 is 0 Å². The zero-order chi connectivity index (χ0) is 21.0. The monoisotopic (exact) mass is 418 g/mol. The summed E-state index contributed by atoms with van der Waals surface area (Å²) in [5.74, 6) is 2.01. The molecule has 156 valence electrons. The highest BCUT2D eigenvalue weighted by Gasteiger charge is 2.28. The first-order chi connectivity index (χ1) is 13.9. The lowest BCUT2D eigenvalue weighted by molar-refractivity contribution is -0.125. The Morgan fingerprint density at radius 3 is 2.62 bits per heavy atom. The van der Waals surface area contributed by atoms with Crippen molar-refractivity contribution in [2.45, 2.75) is 32.7 Å². The highest BCUT2D eigenvalue weighted by molar-refractivity contribution is 6.29. The fourth-order valence-electron chi connectivity index (χ4n) is 3.75. The first-order valence-electron chi connectivity index (χ1n) is 9.70. The second-order valence-corrected chi connectivity index (χ2v) is 7.68. The minimum Gasteiger partial charge on any atom is -0.493 e. The van der Waals surface area contributed by atoms with Crippen LogP contribution in [0.1, 0.15) is 36.9 Å². The number of piperidine rings is 1. The number of nitrogens with zero attached hydrogens (tertiary/aromatic N) is 3. The lowest BCUT2D eigenvalue weighted by atomic mass is 9.95. The number of nitrogens with one attached hydrogen (secondary N) is 1. The van der Waals surface area contributed by atoms with Crippen molar-refractivity contribution in [2.75, 3.05) is 32.2 Å². The maximum atomic E-state index is 13.0. The largest absolute Gasteiger partial charge is 0.493 e. The summed E-state index contributed by atoms with van der Waals surface area (Å²) in [7, 11) is 3.22. The third kappa shape index (κ3) is 4.90. The van der Waals surface area contributed by atoms with Crippen molar-refractivity contribution in [3.8, 4) is 11.5 Å². The van der Waals surface area contributed by atoms with Gasteiger partial charge in [-0.3, -0.25) is 4.79 Å². The van der Waals surface area contributed by atoms with Gasteiger partial charge in [-0.1, -0.05) is 11.6 Å². The number of aryl methyl sites for hydroxylation is 1. The molecular weight excluding hydrogens is 392 g/mol. The molecular formula is C21H27ClN4O3. The molecule has 1 aliphatic rings. The van der Waals surface area contributed by atoms with Crippen molar-refractivity contribution in [3.63, 3.8) is 0 Å². The molecule has 2 heterocycles. The number of rotatable bonds is 6. The number of anilines is 1. The van der Waals surface area contributed by atoms with E-state index in [0.29, 0.717) is 23.2 Å². The summed E-state index contributed by atoms with van der Waals surface area (Å²) in [4.78, 5) is 15.0. The van der Waals surface area contributed by atoms with Gasteiger partial charge in [0.1, 0.15) is 0 Å². The second-order valence-electron chi connectivity index (χ2n) is 7.29. The van der Waals surface area contributed by atoms with Gasteiger partial charge in [0.05, 0.1) is 26.2 Å². The molecule has 0 spiro atoms.